The molecule has 0 aromatic carbocycles. The molecule has 0 saturated carbocycles. The molecule has 2 aliphatic heterocycles. The van der Waals surface area contributed by atoms with Gasteiger partial charge in [0.15, 0.2) is 0 Å². The zero-order valence-electron chi connectivity index (χ0n) is 34.2. The fraction of sp³-hybridized carbons (Fsp3) is 0.694. The third-order valence-electron chi connectivity index (χ3n) is 9.58. The van der Waals surface area contributed by atoms with E-state index >= 15 is 0 Å². The van der Waals surface area contributed by atoms with Crippen LogP contribution in [0.4, 0.5) is 0 Å². The van der Waals surface area contributed by atoms with Gasteiger partial charge in [-0.1, -0.05) is 0 Å². The molecule has 2 saturated heterocycles. The fourth-order valence-corrected chi connectivity index (χ4v) is 6.53. The van der Waals surface area contributed by atoms with E-state index in [4.69, 9.17) is 10.8 Å². The van der Waals surface area contributed by atoms with Crippen LogP contribution in [0.1, 0.15) is 73.1 Å². The first-order valence-electron chi connectivity index (χ1n) is 19.5. The second kappa shape index (κ2) is 24.1. The lowest BCUT2D eigenvalue weighted by Gasteiger charge is -2.32. The summed E-state index contributed by atoms with van der Waals surface area (Å²) in [6, 6.07) is -4.75. The van der Waals surface area contributed by atoms with Crippen molar-refractivity contribution in [2.24, 2.45) is 5.73 Å². The number of hydrogen-bond acceptors (Lipinski definition) is 12. The first-order valence-corrected chi connectivity index (χ1v) is 19.5. The summed E-state index contributed by atoms with van der Waals surface area (Å²) in [5.74, 6) is -7.80. The molecule has 330 valence electrons. The number of carboxylic acids is 1. The van der Waals surface area contributed by atoms with E-state index in [9.17, 15) is 52.7 Å². The standard InChI is InChI=1S/C36H59N11O12/c1-20(2)46(30(52)16-42-35(58)24(10-11-26(37)48)44-27(49)14-40-34(57)23-8-6-12-38-23)19-28(50)39-17-31(53)47(21(3)4)22(5)33(56)41-15-29(51)45-13-7-9-25(45)36(59)43-18-32(54)55/h20-25,38H,6-19H2,1-5H3,(H2,37,48)(H,39,50)(H,40,57)(H,41,56)(H,42,58)(H,43,59)(H,44,49)(H,54,55). The SMILES string of the molecule is CC(C)N(CC(=O)NCC(=O)N(C(C)C)C(C)C(=O)NCC(=O)N1CCCC1C(=O)NCC(=O)O)C(=O)CNC(=O)C(CCC(N)=O)NC(=O)CNC(=O)C1CCCN1. The molecule has 2 aliphatic rings. The average molecular weight is 838 g/mol. The number of hydrogen-bond donors (Lipinski definition) is 9. The van der Waals surface area contributed by atoms with Crippen molar-refractivity contribution in [3.05, 3.63) is 0 Å². The fourth-order valence-electron chi connectivity index (χ4n) is 6.53. The number of carbonyl (C=O) groups excluding carboxylic acids is 10. The molecule has 10 N–H and O–H groups in total. The van der Waals surface area contributed by atoms with Crippen LogP contribution in [0.25, 0.3) is 0 Å². The summed E-state index contributed by atoms with van der Waals surface area (Å²) in [7, 11) is 0. The van der Waals surface area contributed by atoms with Crippen LogP contribution in [0.2, 0.25) is 0 Å². The first-order chi connectivity index (χ1) is 27.7. The lowest BCUT2D eigenvalue weighted by atomic mass is 10.1. The van der Waals surface area contributed by atoms with Crippen molar-refractivity contribution in [2.75, 3.05) is 52.4 Å². The Morgan fingerprint density at radius 1 is 0.729 bits per heavy atom. The van der Waals surface area contributed by atoms with Crippen LogP contribution in [0.3, 0.4) is 0 Å². The lowest BCUT2D eigenvalue weighted by Crippen LogP contribution is -2.56. The summed E-state index contributed by atoms with van der Waals surface area (Å²) in [4.78, 5) is 141. The molecule has 2 heterocycles. The molecular formula is C36H59N11O12. The molecule has 0 spiro atoms. The number of likely N-dealkylation sites (tertiary alicyclic amines) is 1. The van der Waals surface area contributed by atoms with Gasteiger partial charge in [-0.15, -0.1) is 0 Å². The van der Waals surface area contributed by atoms with Crippen LogP contribution >= 0.6 is 0 Å². The highest BCUT2D eigenvalue weighted by atomic mass is 16.4. The molecule has 4 unspecified atom stereocenters. The number of nitrogens with two attached hydrogens (primary N) is 1. The minimum Gasteiger partial charge on any atom is -0.480 e. The van der Waals surface area contributed by atoms with Crippen LogP contribution in [-0.2, 0) is 52.7 Å². The minimum absolute atomic E-state index is 0.188. The Morgan fingerprint density at radius 3 is 1.97 bits per heavy atom. The maximum absolute atomic E-state index is 13.3. The van der Waals surface area contributed by atoms with E-state index in [1.54, 1.807) is 27.7 Å². The largest absolute Gasteiger partial charge is 0.480 e. The van der Waals surface area contributed by atoms with Gasteiger partial charge in [0, 0.05) is 25.0 Å². The van der Waals surface area contributed by atoms with E-state index in [2.05, 4.69) is 37.2 Å². The lowest BCUT2D eigenvalue weighted by molar-refractivity contribution is -0.143. The van der Waals surface area contributed by atoms with Gasteiger partial charge in [0.2, 0.25) is 59.1 Å². The maximum Gasteiger partial charge on any atom is 0.322 e. The summed E-state index contributed by atoms with van der Waals surface area (Å²) >= 11 is 0. The average Bonchev–Trinajstić information content (AvgIpc) is 3.90. The molecule has 0 aromatic rings. The van der Waals surface area contributed by atoms with E-state index in [1.165, 1.54) is 16.7 Å². The number of aliphatic carboxylic acids is 1. The summed E-state index contributed by atoms with van der Waals surface area (Å²) in [6.45, 7) is 5.69. The normalized spacial score (nSPS) is 17.0. The summed E-state index contributed by atoms with van der Waals surface area (Å²) < 4.78 is 0. The van der Waals surface area contributed by atoms with Crippen molar-refractivity contribution >= 4 is 65.0 Å². The van der Waals surface area contributed by atoms with Gasteiger partial charge >= 0.3 is 5.97 Å². The molecule has 59 heavy (non-hydrogen) atoms. The van der Waals surface area contributed by atoms with Crippen LogP contribution in [0.5, 0.6) is 0 Å². The Balaban J connectivity index is 1.91. The van der Waals surface area contributed by atoms with E-state index in [-0.39, 0.29) is 25.3 Å². The topological polar surface area (TPSA) is 328 Å². The van der Waals surface area contributed by atoms with Gasteiger partial charge in [0.05, 0.1) is 38.8 Å². The number of carboxylic acid groups (broad SMARTS) is 1. The molecule has 23 nitrogen and oxygen atoms in total. The number of amides is 10. The Labute approximate surface area is 342 Å². The third kappa shape index (κ3) is 16.5. The molecular weight excluding hydrogens is 778 g/mol. The summed E-state index contributed by atoms with van der Waals surface area (Å²) in [5, 5.41) is 26.3. The minimum atomic E-state index is -1.28. The number of nitrogens with one attached hydrogen (secondary N) is 7. The van der Waals surface area contributed by atoms with Gasteiger partial charge < -0.3 is 62.8 Å². The van der Waals surface area contributed by atoms with Gasteiger partial charge in [-0.05, 0) is 73.3 Å². The monoisotopic (exact) mass is 837 g/mol. The number of rotatable bonds is 23. The van der Waals surface area contributed by atoms with Gasteiger partial charge in [-0.25, -0.2) is 0 Å². The van der Waals surface area contributed by atoms with Crippen molar-refractivity contribution in [3.63, 3.8) is 0 Å². The Kier molecular flexibility index (Phi) is 20.2. The second-order valence-corrected chi connectivity index (χ2v) is 14.7. The van der Waals surface area contributed by atoms with Gasteiger partial charge in [0.1, 0.15) is 24.7 Å². The molecule has 0 radical (unpaired) electrons. The van der Waals surface area contributed by atoms with E-state index < -0.39 is 135 Å². The smallest absolute Gasteiger partial charge is 0.322 e. The highest BCUT2D eigenvalue weighted by molar-refractivity contribution is 5.96. The summed E-state index contributed by atoms with van der Waals surface area (Å²) in [5.41, 5.74) is 5.23. The molecule has 2 rings (SSSR count). The van der Waals surface area contributed by atoms with Gasteiger partial charge in [-0.2, -0.15) is 0 Å². The van der Waals surface area contributed by atoms with E-state index in [0.29, 0.717) is 25.8 Å². The number of primary amides is 1. The highest BCUT2D eigenvalue weighted by Crippen LogP contribution is 2.17. The first kappa shape index (κ1) is 49.3. The second-order valence-electron chi connectivity index (χ2n) is 14.7. The van der Waals surface area contributed by atoms with Crippen molar-refractivity contribution in [1.82, 2.24) is 51.9 Å². The molecule has 2 fully saturated rings. The molecule has 0 aromatic heterocycles. The molecule has 0 bridgehead atoms. The Bertz CT molecular complexity index is 1580. The number of carbonyl (C=O) groups is 11. The highest BCUT2D eigenvalue weighted by Gasteiger charge is 2.35. The van der Waals surface area contributed by atoms with Crippen LogP contribution < -0.4 is 43.0 Å². The predicted octanol–water partition coefficient (Wildman–Crippen LogP) is -4.99. The third-order valence-corrected chi connectivity index (χ3v) is 9.58. The zero-order valence-corrected chi connectivity index (χ0v) is 34.2. The molecule has 23 heteroatoms. The summed E-state index contributed by atoms with van der Waals surface area (Å²) in [6.07, 6.45) is 1.81. The molecule has 4 atom stereocenters. The van der Waals surface area contributed by atoms with E-state index in [1.807, 2.05) is 0 Å². The number of nitrogens with zero attached hydrogens (tertiary/aromatic N) is 3. The predicted molar refractivity (Wildman–Crippen MR) is 207 cm³/mol. The Morgan fingerprint density at radius 2 is 1.37 bits per heavy atom. The van der Waals surface area contributed by atoms with Crippen molar-refractivity contribution < 1.29 is 57.8 Å². The quantitative estimate of drug-likeness (QED) is 0.0466. The van der Waals surface area contributed by atoms with Crippen molar-refractivity contribution in [1.29, 1.82) is 0 Å². The van der Waals surface area contributed by atoms with Crippen LogP contribution in [0.15, 0.2) is 0 Å². The van der Waals surface area contributed by atoms with Crippen LogP contribution in [0, 0.1) is 0 Å². The Hall–Kier alpha value is -5.87. The maximum atomic E-state index is 13.3. The van der Waals surface area contributed by atoms with Crippen molar-refractivity contribution in [3.8, 4) is 0 Å². The van der Waals surface area contributed by atoms with Crippen molar-refractivity contribution in [2.45, 2.75) is 109 Å². The molecule has 0 aliphatic carbocycles. The zero-order chi connectivity index (χ0) is 44.4. The van der Waals surface area contributed by atoms with E-state index in [0.717, 1.165) is 11.3 Å². The molecule has 10 amide bonds. The van der Waals surface area contributed by atoms with Gasteiger partial charge in [0.25, 0.3) is 0 Å². The van der Waals surface area contributed by atoms with Gasteiger partial charge in [-0.3, -0.25) is 52.7 Å². The van der Waals surface area contributed by atoms with Crippen LogP contribution in [-0.4, -0.2) is 173 Å².